The van der Waals surface area contributed by atoms with Gasteiger partial charge in [0.05, 0.1) is 5.56 Å². The Kier molecular flexibility index (Phi) is 7.77. The van der Waals surface area contributed by atoms with Crippen molar-refractivity contribution in [3.63, 3.8) is 0 Å². The van der Waals surface area contributed by atoms with Gasteiger partial charge in [0.1, 0.15) is 11.9 Å². The van der Waals surface area contributed by atoms with E-state index in [0.29, 0.717) is 40.9 Å². The molecular formula is C37H52O3. The number of esters is 1. The van der Waals surface area contributed by atoms with E-state index in [0.717, 1.165) is 44.9 Å². The number of carbonyl (C=O) groups is 2. The normalized spacial score (nSPS) is 36.7. The Morgan fingerprint density at radius 2 is 1.65 bits per heavy atom. The summed E-state index contributed by atoms with van der Waals surface area (Å²) in [5.74, 6) is 2.85. The standard InChI is InChI=1S/C37H52O3/c1-23(2)24(3)14-15-25(4)29-22-30(38)33-27-16-17-31-35(5,6)32(40-34(39)26-12-10-9-11-13-26)19-21-36(31,7)28(27)18-20-37(29,33)8/h9-15,23-25,29,31-33H,16-22H2,1-8H3/b15-14+/t24-,25+,29+,31-,32-,33-,36+,37+/m0/s1. The van der Waals surface area contributed by atoms with Crippen molar-refractivity contribution in [2.24, 2.45) is 51.8 Å². The van der Waals surface area contributed by atoms with E-state index >= 15 is 0 Å². The summed E-state index contributed by atoms with van der Waals surface area (Å²) in [7, 11) is 0. The number of hydrogen-bond acceptors (Lipinski definition) is 3. The predicted octanol–water partition coefficient (Wildman–Crippen LogP) is 9.23. The first-order valence-corrected chi connectivity index (χ1v) is 16.0. The zero-order chi connectivity index (χ0) is 29.0. The Labute approximate surface area is 243 Å². The third kappa shape index (κ3) is 4.74. The molecule has 40 heavy (non-hydrogen) atoms. The molecule has 0 aromatic heterocycles. The maximum Gasteiger partial charge on any atom is 0.338 e. The van der Waals surface area contributed by atoms with E-state index in [2.05, 4.69) is 67.5 Å². The maximum atomic E-state index is 13.8. The van der Waals surface area contributed by atoms with Crippen molar-refractivity contribution in [1.82, 2.24) is 0 Å². The molecule has 1 aromatic carbocycles. The van der Waals surface area contributed by atoms with Crippen molar-refractivity contribution in [3.05, 3.63) is 59.2 Å². The van der Waals surface area contributed by atoms with Gasteiger partial charge in [0.2, 0.25) is 0 Å². The summed E-state index contributed by atoms with van der Waals surface area (Å²) in [5.41, 5.74) is 3.74. The lowest BCUT2D eigenvalue weighted by Crippen LogP contribution is -2.54. The summed E-state index contributed by atoms with van der Waals surface area (Å²) in [6, 6.07) is 9.39. The van der Waals surface area contributed by atoms with Gasteiger partial charge >= 0.3 is 5.97 Å². The molecule has 1 aromatic rings. The number of hydrogen-bond donors (Lipinski definition) is 0. The van der Waals surface area contributed by atoms with E-state index in [1.54, 1.807) is 5.57 Å². The van der Waals surface area contributed by atoms with Crippen LogP contribution < -0.4 is 0 Å². The summed E-state index contributed by atoms with van der Waals surface area (Å²) in [6.45, 7) is 18.8. The molecule has 0 aliphatic heterocycles. The Balaban J connectivity index is 1.39. The second kappa shape index (κ2) is 10.6. The molecule has 3 nitrogen and oxygen atoms in total. The van der Waals surface area contributed by atoms with E-state index in [1.807, 2.05) is 30.3 Å². The molecule has 8 atom stereocenters. The van der Waals surface area contributed by atoms with Gasteiger partial charge in [-0.1, -0.05) is 96.9 Å². The van der Waals surface area contributed by atoms with Gasteiger partial charge in [-0.15, -0.1) is 0 Å². The Morgan fingerprint density at radius 1 is 0.950 bits per heavy atom. The minimum absolute atomic E-state index is 0.0574. The van der Waals surface area contributed by atoms with Gasteiger partial charge in [0.15, 0.2) is 0 Å². The molecule has 5 rings (SSSR count). The molecule has 0 spiro atoms. The van der Waals surface area contributed by atoms with Crippen LogP contribution in [0.2, 0.25) is 0 Å². The van der Waals surface area contributed by atoms with Crippen LogP contribution in [0.4, 0.5) is 0 Å². The number of carbonyl (C=O) groups excluding carboxylic acids is 2. The van der Waals surface area contributed by atoms with Crippen LogP contribution in [0.1, 0.15) is 111 Å². The minimum Gasteiger partial charge on any atom is -0.458 e. The van der Waals surface area contributed by atoms with Crippen LogP contribution in [0.15, 0.2) is 53.6 Å². The van der Waals surface area contributed by atoms with Gasteiger partial charge in [-0.2, -0.15) is 0 Å². The first-order valence-electron chi connectivity index (χ1n) is 16.0. The molecule has 218 valence electrons. The Hall–Kier alpha value is -2.16. The highest BCUT2D eigenvalue weighted by Crippen LogP contribution is 2.67. The molecule has 0 saturated heterocycles. The fourth-order valence-corrected chi connectivity index (χ4v) is 9.60. The number of fused-ring (bicyclic) bond motifs is 4. The third-order valence-corrected chi connectivity index (χ3v) is 12.4. The van der Waals surface area contributed by atoms with Crippen molar-refractivity contribution >= 4 is 11.8 Å². The highest BCUT2D eigenvalue weighted by molar-refractivity contribution is 5.89. The third-order valence-electron chi connectivity index (χ3n) is 12.4. The van der Waals surface area contributed by atoms with Crippen molar-refractivity contribution in [3.8, 4) is 0 Å². The zero-order valence-electron chi connectivity index (χ0n) is 26.3. The SMILES string of the molecule is CC(C)[C@@H](C)/C=C/[C@@H](C)[C@H]1CC(=O)[C@@H]2C3=C(CC[C@@]21C)[C@@]1(C)CC[C@H](OC(=O)c2ccccc2)C(C)(C)[C@@H]1CC3. The molecule has 0 amide bonds. The lowest BCUT2D eigenvalue weighted by atomic mass is 9.45. The van der Waals surface area contributed by atoms with Crippen molar-refractivity contribution < 1.29 is 14.3 Å². The van der Waals surface area contributed by atoms with Crippen molar-refractivity contribution in [1.29, 1.82) is 0 Å². The van der Waals surface area contributed by atoms with Gasteiger partial charge in [0, 0.05) is 17.8 Å². The molecule has 2 fully saturated rings. The lowest BCUT2D eigenvalue weighted by Gasteiger charge is -2.60. The first-order chi connectivity index (χ1) is 18.8. The first kappa shape index (κ1) is 29.3. The van der Waals surface area contributed by atoms with Gasteiger partial charge in [-0.25, -0.2) is 4.79 Å². The number of ketones is 1. The molecular weight excluding hydrogens is 492 g/mol. The topological polar surface area (TPSA) is 43.4 Å². The summed E-state index contributed by atoms with van der Waals surface area (Å²) in [5, 5.41) is 0. The second-order valence-electron chi connectivity index (χ2n) is 15.2. The van der Waals surface area contributed by atoms with Crippen LogP contribution >= 0.6 is 0 Å². The molecule has 0 unspecified atom stereocenters. The van der Waals surface area contributed by atoms with E-state index in [4.69, 9.17) is 4.74 Å². The van der Waals surface area contributed by atoms with Crippen LogP contribution in [0.5, 0.6) is 0 Å². The number of rotatable bonds is 6. The number of ether oxygens (including phenoxy) is 1. The monoisotopic (exact) mass is 544 g/mol. The minimum atomic E-state index is -0.208. The molecule has 0 N–H and O–H groups in total. The van der Waals surface area contributed by atoms with E-state index < -0.39 is 0 Å². The summed E-state index contributed by atoms with van der Waals surface area (Å²) < 4.78 is 6.20. The predicted molar refractivity (Wildman–Crippen MR) is 163 cm³/mol. The average molecular weight is 545 g/mol. The molecule has 4 aliphatic carbocycles. The molecule has 3 heteroatoms. The fraction of sp³-hybridized carbons (Fsp3) is 0.676. The average Bonchev–Trinajstić information content (AvgIpc) is 3.19. The molecule has 0 heterocycles. The lowest BCUT2D eigenvalue weighted by molar-refractivity contribution is -0.122. The zero-order valence-corrected chi connectivity index (χ0v) is 26.3. The quantitative estimate of drug-likeness (QED) is 0.265. The van der Waals surface area contributed by atoms with Gasteiger partial charge in [0.25, 0.3) is 0 Å². The molecule has 0 radical (unpaired) electrons. The van der Waals surface area contributed by atoms with Gasteiger partial charge < -0.3 is 4.74 Å². The van der Waals surface area contributed by atoms with Crippen LogP contribution in [0.3, 0.4) is 0 Å². The van der Waals surface area contributed by atoms with E-state index in [-0.39, 0.29) is 34.2 Å². The van der Waals surface area contributed by atoms with Crippen molar-refractivity contribution in [2.45, 2.75) is 106 Å². The highest BCUT2D eigenvalue weighted by atomic mass is 16.5. The Bertz CT molecular complexity index is 1190. The van der Waals surface area contributed by atoms with Crippen LogP contribution in [0.25, 0.3) is 0 Å². The number of Topliss-reactive ketones (excluding diaryl/α,β-unsaturated/α-hetero) is 1. The Morgan fingerprint density at radius 3 is 2.33 bits per heavy atom. The van der Waals surface area contributed by atoms with E-state index in [9.17, 15) is 9.59 Å². The van der Waals surface area contributed by atoms with E-state index in [1.165, 1.54) is 5.57 Å². The van der Waals surface area contributed by atoms with Gasteiger partial charge in [-0.05, 0) is 91.1 Å². The smallest absolute Gasteiger partial charge is 0.338 e. The number of allylic oxidation sites excluding steroid dienone is 4. The van der Waals surface area contributed by atoms with Crippen LogP contribution in [-0.4, -0.2) is 17.9 Å². The van der Waals surface area contributed by atoms with Crippen LogP contribution in [-0.2, 0) is 9.53 Å². The van der Waals surface area contributed by atoms with Crippen molar-refractivity contribution in [2.75, 3.05) is 0 Å². The molecule has 0 bridgehead atoms. The van der Waals surface area contributed by atoms with Crippen LogP contribution in [0, 0.1) is 51.8 Å². The summed E-state index contributed by atoms with van der Waals surface area (Å²) >= 11 is 0. The molecule has 2 saturated carbocycles. The summed E-state index contributed by atoms with van der Waals surface area (Å²) in [4.78, 5) is 26.8. The fourth-order valence-electron chi connectivity index (χ4n) is 9.60. The number of benzene rings is 1. The maximum absolute atomic E-state index is 13.8. The van der Waals surface area contributed by atoms with Gasteiger partial charge in [-0.3, -0.25) is 4.79 Å². The second-order valence-corrected chi connectivity index (χ2v) is 15.2. The summed E-state index contributed by atoms with van der Waals surface area (Å²) in [6.07, 6.45) is 11.7. The largest absolute Gasteiger partial charge is 0.458 e. The molecule has 4 aliphatic rings. The highest BCUT2D eigenvalue weighted by Gasteiger charge is 2.61.